The fraction of sp³-hybridized carbons (Fsp3) is 0.364. The molecule has 1 saturated heterocycles. The molecule has 0 N–H and O–H groups in total. The molecule has 0 aliphatic carbocycles. The van der Waals surface area contributed by atoms with Crippen LogP contribution in [0, 0.1) is 0 Å². The summed E-state index contributed by atoms with van der Waals surface area (Å²) in [6, 6.07) is 11.6. The molecule has 4 heterocycles. The summed E-state index contributed by atoms with van der Waals surface area (Å²) in [5.41, 5.74) is 2.22. The number of anilines is 1. The van der Waals surface area contributed by atoms with Crippen LogP contribution in [0.5, 0.6) is 0 Å². The molecule has 160 valence electrons. The zero-order valence-electron chi connectivity index (χ0n) is 17.3. The molecule has 5 rings (SSSR count). The van der Waals surface area contributed by atoms with Crippen molar-refractivity contribution in [1.82, 2.24) is 23.8 Å². The number of carbonyl (C=O) groups is 1. The van der Waals surface area contributed by atoms with Crippen molar-refractivity contribution < 1.29 is 4.79 Å². The fourth-order valence-corrected chi connectivity index (χ4v) is 4.38. The first kappa shape index (κ1) is 19.8. The van der Waals surface area contributed by atoms with E-state index in [0.29, 0.717) is 61.8 Å². The van der Waals surface area contributed by atoms with E-state index in [1.54, 1.807) is 11.5 Å². The van der Waals surface area contributed by atoms with E-state index in [-0.39, 0.29) is 11.5 Å². The summed E-state index contributed by atoms with van der Waals surface area (Å²) >= 11 is 5.90. The summed E-state index contributed by atoms with van der Waals surface area (Å²) in [4.78, 5) is 38.6. The molecule has 4 aromatic rings. The minimum Gasteiger partial charge on any atom is -0.353 e. The smallest absolute Gasteiger partial charge is 0.264 e. The Morgan fingerprint density at radius 2 is 1.84 bits per heavy atom. The van der Waals surface area contributed by atoms with Gasteiger partial charge < -0.3 is 9.80 Å². The number of hydrogen-bond donors (Lipinski definition) is 0. The van der Waals surface area contributed by atoms with Gasteiger partial charge in [0.2, 0.25) is 11.7 Å². The molecule has 31 heavy (non-hydrogen) atoms. The van der Waals surface area contributed by atoms with Gasteiger partial charge in [-0.3, -0.25) is 18.6 Å². The first-order valence-corrected chi connectivity index (χ1v) is 11.0. The van der Waals surface area contributed by atoms with Crippen molar-refractivity contribution in [2.24, 2.45) is 0 Å². The monoisotopic (exact) mass is 438 g/mol. The molecule has 1 aliphatic heterocycles. The van der Waals surface area contributed by atoms with Gasteiger partial charge in [0.15, 0.2) is 5.65 Å². The van der Waals surface area contributed by atoms with Crippen LogP contribution in [0.4, 0.5) is 5.82 Å². The van der Waals surface area contributed by atoms with E-state index in [4.69, 9.17) is 21.6 Å². The molecule has 0 spiro atoms. The molecule has 9 heteroatoms. The molecular formula is C22H23ClN6O2. The average molecular weight is 439 g/mol. The number of pyridine rings is 1. The Balaban J connectivity index is 1.70. The van der Waals surface area contributed by atoms with E-state index in [1.807, 2.05) is 45.7 Å². The number of para-hydroxylation sites is 2. The van der Waals surface area contributed by atoms with Crippen molar-refractivity contribution in [3.05, 3.63) is 46.8 Å². The Hall–Kier alpha value is -3.13. The van der Waals surface area contributed by atoms with Gasteiger partial charge in [0.1, 0.15) is 5.82 Å². The highest BCUT2D eigenvalue weighted by Gasteiger charge is 2.22. The van der Waals surface area contributed by atoms with E-state index in [9.17, 15) is 9.59 Å². The summed E-state index contributed by atoms with van der Waals surface area (Å²) < 4.78 is 3.66. The lowest BCUT2D eigenvalue weighted by Gasteiger charge is -2.35. The van der Waals surface area contributed by atoms with Crippen LogP contribution in [0.1, 0.15) is 13.3 Å². The highest BCUT2D eigenvalue weighted by molar-refractivity contribution is 6.17. The van der Waals surface area contributed by atoms with Gasteiger partial charge in [-0.25, -0.2) is 9.97 Å². The van der Waals surface area contributed by atoms with E-state index < -0.39 is 0 Å². The molecular weight excluding hydrogens is 416 g/mol. The van der Waals surface area contributed by atoms with Crippen molar-refractivity contribution in [2.45, 2.75) is 19.9 Å². The first-order chi connectivity index (χ1) is 15.1. The van der Waals surface area contributed by atoms with Crippen molar-refractivity contribution in [1.29, 1.82) is 0 Å². The normalized spacial score (nSPS) is 14.8. The zero-order valence-corrected chi connectivity index (χ0v) is 18.0. The predicted octanol–water partition coefficient (Wildman–Crippen LogP) is 2.49. The number of fused-ring (bicyclic) bond motifs is 5. The van der Waals surface area contributed by atoms with Gasteiger partial charge in [0, 0.05) is 45.5 Å². The highest BCUT2D eigenvalue weighted by Crippen LogP contribution is 2.23. The number of alkyl halides is 1. The maximum Gasteiger partial charge on any atom is 0.264 e. The number of piperazine rings is 1. The predicted molar refractivity (Wildman–Crippen MR) is 122 cm³/mol. The van der Waals surface area contributed by atoms with Crippen LogP contribution in [0.15, 0.2) is 41.2 Å². The number of nitrogens with zero attached hydrogens (tertiary/aromatic N) is 6. The van der Waals surface area contributed by atoms with Crippen LogP contribution >= 0.6 is 11.6 Å². The molecule has 1 aliphatic rings. The summed E-state index contributed by atoms with van der Waals surface area (Å²) in [6.07, 6.45) is 0.678. The number of aromatic nitrogens is 4. The molecule has 3 aromatic heterocycles. The van der Waals surface area contributed by atoms with E-state index >= 15 is 0 Å². The molecule has 8 nitrogen and oxygen atoms in total. The van der Waals surface area contributed by atoms with Crippen molar-refractivity contribution in [3.8, 4) is 0 Å². The molecule has 0 unspecified atom stereocenters. The lowest BCUT2D eigenvalue weighted by atomic mass is 10.2. The first-order valence-electron chi connectivity index (χ1n) is 10.5. The Morgan fingerprint density at radius 3 is 2.58 bits per heavy atom. The van der Waals surface area contributed by atoms with E-state index in [2.05, 4.69) is 4.90 Å². The number of benzene rings is 1. The van der Waals surface area contributed by atoms with Crippen molar-refractivity contribution in [2.75, 3.05) is 37.0 Å². The lowest BCUT2D eigenvalue weighted by Crippen LogP contribution is -2.48. The van der Waals surface area contributed by atoms with Gasteiger partial charge >= 0.3 is 0 Å². The number of aryl methyl sites for hydroxylation is 1. The second-order valence-corrected chi connectivity index (χ2v) is 8.15. The van der Waals surface area contributed by atoms with Gasteiger partial charge in [-0.1, -0.05) is 12.1 Å². The number of amides is 1. The number of carbonyl (C=O) groups excluding carboxylic acids is 1. The van der Waals surface area contributed by atoms with E-state index in [1.165, 1.54) is 0 Å². The summed E-state index contributed by atoms with van der Waals surface area (Å²) in [5, 5.41) is 0.552. The van der Waals surface area contributed by atoms with Gasteiger partial charge in [-0.2, -0.15) is 0 Å². The third-order valence-corrected chi connectivity index (χ3v) is 6.16. The number of halogens is 1. The summed E-state index contributed by atoms with van der Waals surface area (Å²) in [5.74, 6) is 1.94. The molecule has 1 amide bonds. The third kappa shape index (κ3) is 3.31. The fourth-order valence-electron chi connectivity index (χ4n) is 4.26. The van der Waals surface area contributed by atoms with Gasteiger partial charge in [-0.15, -0.1) is 11.6 Å². The molecule has 1 aromatic carbocycles. The summed E-state index contributed by atoms with van der Waals surface area (Å²) in [6.45, 7) is 4.84. The van der Waals surface area contributed by atoms with Crippen LogP contribution < -0.4 is 10.5 Å². The Kier molecular flexibility index (Phi) is 5.02. The SMILES string of the molecule is CC(=O)N1CCN(c2ccc3c(=O)n(CCCCl)c4nc5ccccc5n4c3n2)CC1. The Labute approximate surface area is 183 Å². The Morgan fingerprint density at radius 1 is 1.06 bits per heavy atom. The second kappa shape index (κ2) is 7.85. The van der Waals surface area contributed by atoms with Crippen LogP contribution in [0.3, 0.4) is 0 Å². The number of rotatable bonds is 4. The summed E-state index contributed by atoms with van der Waals surface area (Å²) in [7, 11) is 0. The second-order valence-electron chi connectivity index (χ2n) is 7.77. The van der Waals surface area contributed by atoms with Crippen LogP contribution in [0.2, 0.25) is 0 Å². The third-order valence-electron chi connectivity index (χ3n) is 5.90. The largest absolute Gasteiger partial charge is 0.353 e. The average Bonchev–Trinajstić information content (AvgIpc) is 3.18. The molecule has 0 saturated carbocycles. The van der Waals surface area contributed by atoms with E-state index in [0.717, 1.165) is 16.9 Å². The Bertz CT molecular complexity index is 1350. The number of imidazole rings is 1. The number of hydrogen-bond acceptors (Lipinski definition) is 5. The molecule has 0 bridgehead atoms. The lowest BCUT2D eigenvalue weighted by molar-refractivity contribution is -0.129. The maximum atomic E-state index is 13.3. The van der Waals surface area contributed by atoms with Crippen LogP contribution in [-0.2, 0) is 11.3 Å². The zero-order chi connectivity index (χ0) is 21.5. The quantitative estimate of drug-likeness (QED) is 0.457. The maximum absolute atomic E-state index is 13.3. The van der Waals surface area contributed by atoms with Gasteiger partial charge in [0.05, 0.1) is 16.4 Å². The standard InChI is InChI=1S/C22H23ClN6O2/c1-15(30)26-11-13-27(14-12-26)19-8-7-16-20(25-19)29-18-6-3-2-5-17(18)24-22(29)28(21(16)31)10-4-9-23/h2-3,5-8H,4,9-14H2,1H3. The van der Waals surface area contributed by atoms with Gasteiger partial charge in [-0.05, 0) is 30.7 Å². The van der Waals surface area contributed by atoms with Crippen LogP contribution in [0.25, 0.3) is 27.8 Å². The molecule has 0 atom stereocenters. The highest BCUT2D eigenvalue weighted by atomic mass is 35.5. The van der Waals surface area contributed by atoms with Gasteiger partial charge in [0.25, 0.3) is 5.56 Å². The minimum absolute atomic E-state index is 0.0928. The molecule has 1 fully saturated rings. The van der Waals surface area contributed by atoms with Crippen LogP contribution in [-0.4, -0.2) is 61.8 Å². The van der Waals surface area contributed by atoms with Crippen molar-refractivity contribution in [3.63, 3.8) is 0 Å². The van der Waals surface area contributed by atoms with Crippen molar-refractivity contribution >= 4 is 51.2 Å². The minimum atomic E-state index is -0.108. The molecule has 0 radical (unpaired) electrons. The topological polar surface area (TPSA) is 75.7 Å².